The zero-order valence-corrected chi connectivity index (χ0v) is 19.8. The molecule has 0 aliphatic heterocycles. The summed E-state index contributed by atoms with van der Waals surface area (Å²) in [6.07, 6.45) is 0. The summed E-state index contributed by atoms with van der Waals surface area (Å²) in [6, 6.07) is 23.0. The lowest BCUT2D eigenvalue weighted by Gasteiger charge is -2.06. The topological polar surface area (TPSA) is 42.0 Å². The van der Waals surface area contributed by atoms with Crippen LogP contribution in [0.3, 0.4) is 0 Å². The van der Waals surface area contributed by atoms with Crippen LogP contribution in [0.5, 0.6) is 0 Å². The normalized spacial score (nSPS) is 10.8. The van der Waals surface area contributed by atoms with Crippen molar-refractivity contribution < 1.29 is 4.79 Å². The molecule has 1 heterocycles. The van der Waals surface area contributed by atoms with Crippen LogP contribution >= 0.6 is 50.6 Å². The van der Waals surface area contributed by atoms with Gasteiger partial charge in [-0.2, -0.15) is 0 Å². The van der Waals surface area contributed by atoms with E-state index in [1.54, 1.807) is 0 Å². The van der Waals surface area contributed by atoms with E-state index in [0.29, 0.717) is 15.6 Å². The van der Waals surface area contributed by atoms with Crippen molar-refractivity contribution in [1.29, 1.82) is 0 Å². The molecular formula is C23H16BrClN2OS2. The molecule has 4 aromatic rings. The third-order valence-electron chi connectivity index (χ3n) is 4.27. The summed E-state index contributed by atoms with van der Waals surface area (Å²) in [6.45, 7) is 2.00. The van der Waals surface area contributed by atoms with Crippen molar-refractivity contribution in [2.75, 3.05) is 5.32 Å². The Labute approximate surface area is 196 Å². The molecule has 3 nitrogen and oxygen atoms in total. The van der Waals surface area contributed by atoms with E-state index in [-0.39, 0.29) is 5.12 Å². The van der Waals surface area contributed by atoms with Crippen molar-refractivity contribution >= 4 is 66.4 Å². The highest BCUT2D eigenvalue weighted by atomic mass is 79.9. The highest BCUT2D eigenvalue weighted by molar-refractivity contribution is 9.10. The fraction of sp³-hybridized carbons (Fsp3) is 0.0435. The number of hydrogen-bond acceptors (Lipinski definition) is 5. The average Bonchev–Trinajstić information content (AvgIpc) is 3.13. The van der Waals surface area contributed by atoms with Crippen LogP contribution in [0, 0.1) is 6.92 Å². The number of nitrogens with zero attached hydrogens (tertiary/aromatic N) is 1. The van der Waals surface area contributed by atoms with Crippen LogP contribution in [-0.4, -0.2) is 10.1 Å². The summed E-state index contributed by atoms with van der Waals surface area (Å²) >= 11 is 12.1. The Bertz CT molecular complexity index is 1170. The van der Waals surface area contributed by atoms with Crippen LogP contribution in [-0.2, 0) is 0 Å². The molecule has 0 fully saturated rings. The Morgan fingerprint density at radius 3 is 2.33 bits per heavy atom. The molecule has 0 spiro atoms. The first-order valence-corrected chi connectivity index (χ1v) is 11.9. The number of benzene rings is 3. The second-order valence-corrected chi connectivity index (χ2v) is 9.86. The van der Waals surface area contributed by atoms with E-state index in [1.165, 1.54) is 11.3 Å². The molecular weight excluding hydrogens is 500 g/mol. The van der Waals surface area contributed by atoms with Gasteiger partial charge in [0, 0.05) is 26.3 Å². The van der Waals surface area contributed by atoms with Gasteiger partial charge in [-0.3, -0.25) is 4.79 Å². The van der Waals surface area contributed by atoms with Gasteiger partial charge in [0.15, 0.2) is 0 Å². The first-order chi connectivity index (χ1) is 14.5. The molecule has 0 aliphatic carbocycles. The molecule has 150 valence electrons. The maximum absolute atomic E-state index is 12.8. The number of carbonyl (C=O) groups excluding carboxylic acids is 1. The third-order valence-corrected chi connectivity index (χ3v) is 7.11. The summed E-state index contributed by atoms with van der Waals surface area (Å²) < 4.78 is 1.00. The van der Waals surface area contributed by atoms with Gasteiger partial charge in [0.25, 0.3) is 0 Å². The summed E-state index contributed by atoms with van der Waals surface area (Å²) in [5.74, 6) is 0. The highest BCUT2D eigenvalue weighted by Gasteiger charge is 2.18. The fourth-order valence-electron chi connectivity index (χ4n) is 2.67. The Balaban J connectivity index is 1.67. The van der Waals surface area contributed by atoms with E-state index in [2.05, 4.69) is 21.2 Å². The number of hydrogen-bond donors (Lipinski definition) is 1. The molecule has 7 heteroatoms. The van der Waals surface area contributed by atoms with E-state index < -0.39 is 0 Å². The van der Waals surface area contributed by atoms with Crippen molar-refractivity contribution in [2.45, 2.75) is 11.9 Å². The molecule has 3 aromatic carbocycles. The predicted molar refractivity (Wildman–Crippen MR) is 131 cm³/mol. The second kappa shape index (κ2) is 9.35. The zero-order valence-electron chi connectivity index (χ0n) is 15.9. The van der Waals surface area contributed by atoms with Gasteiger partial charge in [0.2, 0.25) is 5.12 Å². The van der Waals surface area contributed by atoms with E-state index in [4.69, 9.17) is 16.6 Å². The number of thioether (sulfide) groups is 1. The van der Waals surface area contributed by atoms with Gasteiger partial charge in [-0.1, -0.05) is 80.8 Å². The lowest BCUT2D eigenvalue weighted by atomic mass is 10.2. The second-order valence-electron chi connectivity index (χ2n) is 6.55. The molecule has 0 amide bonds. The minimum Gasteiger partial charge on any atom is -0.345 e. The quantitative estimate of drug-likeness (QED) is 0.272. The smallest absolute Gasteiger partial charge is 0.225 e. The summed E-state index contributed by atoms with van der Waals surface area (Å²) in [4.78, 5) is 17.6. The average molecular weight is 516 g/mol. The molecule has 0 radical (unpaired) electrons. The van der Waals surface area contributed by atoms with Crippen LogP contribution in [0.15, 0.2) is 82.3 Å². The van der Waals surface area contributed by atoms with Gasteiger partial charge in [0.1, 0.15) is 15.0 Å². The molecule has 0 aliphatic rings. The molecule has 30 heavy (non-hydrogen) atoms. The number of anilines is 2. The molecule has 1 N–H and O–H groups in total. The van der Waals surface area contributed by atoms with Crippen LogP contribution < -0.4 is 5.32 Å². The monoisotopic (exact) mass is 514 g/mol. The van der Waals surface area contributed by atoms with Gasteiger partial charge < -0.3 is 5.32 Å². The Hall–Kier alpha value is -2.12. The van der Waals surface area contributed by atoms with Gasteiger partial charge in [-0.05, 0) is 55.1 Å². The number of halogens is 2. The lowest BCUT2D eigenvalue weighted by molar-refractivity contribution is 0.108. The first kappa shape index (κ1) is 21.1. The van der Waals surface area contributed by atoms with Crippen LogP contribution in [0.2, 0.25) is 5.02 Å². The largest absolute Gasteiger partial charge is 0.345 e. The molecule has 4 rings (SSSR count). The highest BCUT2D eigenvalue weighted by Crippen LogP contribution is 2.40. The minimum absolute atomic E-state index is 0.0400. The van der Waals surface area contributed by atoms with E-state index >= 15 is 0 Å². The van der Waals surface area contributed by atoms with E-state index in [0.717, 1.165) is 43.1 Å². The zero-order chi connectivity index (χ0) is 21.1. The first-order valence-electron chi connectivity index (χ1n) is 9.06. The third kappa shape index (κ3) is 5.13. The maximum Gasteiger partial charge on any atom is 0.225 e. The minimum atomic E-state index is -0.0400. The Morgan fingerprint density at radius 2 is 1.67 bits per heavy atom. The standard InChI is InChI=1S/C23H16BrClN2OS2/c1-14-2-4-16(5-3-14)23(28)30-22-21(26-19-12-8-17(24)9-13-19)29-20(27-22)15-6-10-18(25)11-7-15/h2-13,26H,1H3. The Kier molecular flexibility index (Phi) is 6.58. The van der Waals surface area contributed by atoms with Crippen molar-refractivity contribution in [3.8, 4) is 10.6 Å². The molecule has 0 saturated carbocycles. The van der Waals surface area contributed by atoms with E-state index in [1.807, 2.05) is 79.7 Å². The van der Waals surface area contributed by atoms with Crippen molar-refractivity contribution in [1.82, 2.24) is 4.98 Å². The maximum atomic E-state index is 12.8. The van der Waals surface area contributed by atoms with Crippen molar-refractivity contribution in [3.63, 3.8) is 0 Å². The molecule has 0 unspecified atom stereocenters. The van der Waals surface area contributed by atoms with Crippen molar-refractivity contribution in [3.05, 3.63) is 93.4 Å². The van der Waals surface area contributed by atoms with Crippen LogP contribution in [0.4, 0.5) is 10.7 Å². The number of nitrogens with one attached hydrogen (secondary N) is 1. The van der Waals surface area contributed by atoms with Gasteiger partial charge >= 0.3 is 0 Å². The molecule has 0 saturated heterocycles. The number of aromatic nitrogens is 1. The molecule has 0 atom stereocenters. The summed E-state index contributed by atoms with van der Waals surface area (Å²) in [5.41, 5.74) is 3.65. The van der Waals surface area contributed by atoms with Gasteiger partial charge in [-0.25, -0.2) is 4.98 Å². The van der Waals surface area contributed by atoms with Gasteiger partial charge in [0.05, 0.1) is 0 Å². The fourth-order valence-corrected chi connectivity index (χ4v) is 4.97. The van der Waals surface area contributed by atoms with Crippen LogP contribution in [0.25, 0.3) is 10.6 Å². The Morgan fingerprint density at radius 1 is 1.00 bits per heavy atom. The number of carbonyl (C=O) groups is 1. The summed E-state index contributed by atoms with van der Waals surface area (Å²) in [5, 5.41) is 6.34. The molecule has 1 aromatic heterocycles. The lowest BCUT2D eigenvalue weighted by Crippen LogP contribution is -1.95. The predicted octanol–water partition coefficient (Wildman–Crippen LogP) is 8.21. The van der Waals surface area contributed by atoms with Crippen LogP contribution in [0.1, 0.15) is 15.9 Å². The SMILES string of the molecule is Cc1ccc(C(=O)Sc2nc(-c3ccc(Cl)cc3)sc2Nc2ccc(Br)cc2)cc1. The van der Waals surface area contributed by atoms with Gasteiger partial charge in [-0.15, -0.1) is 0 Å². The number of rotatable bonds is 5. The molecule has 0 bridgehead atoms. The van der Waals surface area contributed by atoms with Crippen molar-refractivity contribution in [2.24, 2.45) is 0 Å². The van der Waals surface area contributed by atoms with E-state index in [9.17, 15) is 4.79 Å². The number of thiazole rings is 1. The summed E-state index contributed by atoms with van der Waals surface area (Å²) in [7, 11) is 0. The number of aryl methyl sites for hydroxylation is 1.